The molecule has 0 spiro atoms. The molecule has 0 aliphatic heterocycles. The van der Waals surface area contributed by atoms with E-state index in [2.05, 4.69) is 29.1 Å². The van der Waals surface area contributed by atoms with Crippen molar-refractivity contribution in [3.05, 3.63) is 58.1 Å². The Balaban J connectivity index is 2.33. The molecule has 7 heteroatoms. The van der Waals surface area contributed by atoms with Gasteiger partial charge in [-0.3, -0.25) is 4.79 Å². The van der Waals surface area contributed by atoms with Gasteiger partial charge in [0, 0.05) is 12.1 Å². The number of benzene rings is 2. The van der Waals surface area contributed by atoms with Crippen molar-refractivity contribution >= 4 is 15.9 Å². The van der Waals surface area contributed by atoms with Crippen LogP contribution in [-0.4, -0.2) is 28.0 Å². The Bertz CT molecular complexity index is 984. The minimum atomic E-state index is -3.76. The number of hydrogen-bond donors (Lipinski definition) is 2. The molecule has 2 rings (SSSR count). The van der Waals surface area contributed by atoms with Crippen LogP contribution in [0.3, 0.4) is 0 Å². The Labute approximate surface area is 167 Å². The lowest BCUT2D eigenvalue weighted by Gasteiger charge is -2.19. The third-order valence-electron chi connectivity index (χ3n) is 4.75. The van der Waals surface area contributed by atoms with Gasteiger partial charge < -0.3 is 10.1 Å². The molecular weight excluding hydrogens is 376 g/mol. The van der Waals surface area contributed by atoms with Gasteiger partial charge in [0.15, 0.2) is 0 Å². The normalized spacial score (nSPS) is 12.5. The number of ether oxygens (including phenoxy) is 1. The average Bonchev–Trinajstić information content (AvgIpc) is 2.63. The van der Waals surface area contributed by atoms with Crippen molar-refractivity contribution in [2.45, 2.75) is 45.6 Å². The lowest BCUT2D eigenvalue weighted by Crippen LogP contribution is -2.28. The lowest BCUT2D eigenvalue weighted by atomic mass is 9.96. The zero-order valence-electron chi connectivity index (χ0n) is 17.2. The largest absolute Gasteiger partial charge is 0.495 e. The van der Waals surface area contributed by atoms with Crippen LogP contribution in [0.25, 0.3) is 0 Å². The summed E-state index contributed by atoms with van der Waals surface area (Å²) in [5.74, 6) is -0.156. The minimum absolute atomic E-state index is 0.0560. The SMILES string of the molecule is CCNS(=O)(=O)c1cc(C(=O)N[C@H](C)c2cc(C)c(C)cc2C)ccc1OC. The van der Waals surface area contributed by atoms with Gasteiger partial charge in [0.05, 0.1) is 13.2 Å². The zero-order valence-corrected chi connectivity index (χ0v) is 18.0. The molecule has 2 aromatic carbocycles. The van der Waals surface area contributed by atoms with Gasteiger partial charge in [-0.2, -0.15) is 0 Å². The minimum Gasteiger partial charge on any atom is -0.495 e. The van der Waals surface area contributed by atoms with E-state index in [1.165, 1.54) is 24.8 Å². The van der Waals surface area contributed by atoms with Gasteiger partial charge in [-0.05, 0) is 68.1 Å². The summed E-state index contributed by atoms with van der Waals surface area (Å²) < 4.78 is 32.4. The summed E-state index contributed by atoms with van der Waals surface area (Å²) in [6.45, 7) is 9.94. The molecule has 0 aliphatic carbocycles. The van der Waals surface area contributed by atoms with Crippen molar-refractivity contribution in [2.75, 3.05) is 13.7 Å². The summed E-state index contributed by atoms with van der Waals surface area (Å²) in [6, 6.07) is 8.34. The number of amides is 1. The smallest absolute Gasteiger partial charge is 0.251 e. The van der Waals surface area contributed by atoms with Crippen molar-refractivity contribution in [3.8, 4) is 5.75 Å². The van der Waals surface area contributed by atoms with Crippen molar-refractivity contribution < 1.29 is 17.9 Å². The Hall–Kier alpha value is -2.38. The fourth-order valence-electron chi connectivity index (χ4n) is 3.10. The molecule has 0 heterocycles. The summed E-state index contributed by atoms with van der Waals surface area (Å²) in [5, 5.41) is 2.95. The van der Waals surface area contributed by atoms with Gasteiger partial charge in [0.1, 0.15) is 10.6 Å². The maximum atomic E-state index is 12.8. The molecule has 1 atom stereocenters. The number of carbonyl (C=O) groups is 1. The molecule has 0 saturated heterocycles. The first-order chi connectivity index (χ1) is 13.1. The van der Waals surface area contributed by atoms with Gasteiger partial charge in [-0.25, -0.2) is 13.1 Å². The van der Waals surface area contributed by atoms with Crippen molar-refractivity contribution in [2.24, 2.45) is 0 Å². The molecular formula is C21H28N2O4S. The number of sulfonamides is 1. The Morgan fingerprint density at radius 2 is 1.71 bits per heavy atom. The van der Waals surface area contributed by atoms with E-state index >= 15 is 0 Å². The molecule has 0 radical (unpaired) electrons. The van der Waals surface area contributed by atoms with E-state index in [-0.39, 0.29) is 34.7 Å². The van der Waals surface area contributed by atoms with Gasteiger partial charge in [-0.1, -0.05) is 19.1 Å². The quantitative estimate of drug-likeness (QED) is 0.741. The number of methoxy groups -OCH3 is 1. The first kappa shape index (κ1) is 21.9. The average molecular weight is 405 g/mol. The molecule has 0 bridgehead atoms. The van der Waals surface area contributed by atoms with E-state index in [1.54, 1.807) is 13.0 Å². The second-order valence-electron chi connectivity index (χ2n) is 6.86. The highest BCUT2D eigenvalue weighted by atomic mass is 32.2. The molecule has 152 valence electrons. The van der Waals surface area contributed by atoms with Gasteiger partial charge in [-0.15, -0.1) is 0 Å². The summed E-state index contributed by atoms with van der Waals surface area (Å²) >= 11 is 0. The maximum absolute atomic E-state index is 12.8. The molecule has 2 aromatic rings. The maximum Gasteiger partial charge on any atom is 0.251 e. The highest BCUT2D eigenvalue weighted by molar-refractivity contribution is 7.89. The van der Waals surface area contributed by atoms with Crippen LogP contribution in [0, 0.1) is 20.8 Å². The van der Waals surface area contributed by atoms with Crippen molar-refractivity contribution in [1.82, 2.24) is 10.0 Å². The zero-order chi connectivity index (χ0) is 21.1. The predicted molar refractivity (Wildman–Crippen MR) is 110 cm³/mol. The van der Waals surface area contributed by atoms with E-state index in [0.717, 1.165) is 16.7 Å². The molecule has 0 saturated carbocycles. The molecule has 6 nitrogen and oxygen atoms in total. The molecule has 0 unspecified atom stereocenters. The summed E-state index contributed by atoms with van der Waals surface area (Å²) in [5.41, 5.74) is 4.75. The fraction of sp³-hybridized carbons (Fsp3) is 0.381. The van der Waals surface area contributed by atoms with Crippen LogP contribution < -0.4 is 14.8 Å². The first-order valence-corrected chi connectivity index (χ1v) is 10.6. The topological polar surface area (TPSA) is 84.5 Å². The molecule has 0 aliphatic rings. The Morgan fingerprint density at radius 3 is 2.32 bits per heavy atom. The number of nitrogens with one attached hydrogen (secondary N) is 2. The third-order valence-corrected chi connectivity index (χ3v) is 6.31. The molecule has 1 amide bonds. The highest BCUT2D eigenvalue weighted by Gasteiger charge is 2.22. The monoisotopic (exact) mass is 404 g/mol. The van der Waals surface area contributed by atoms with Gasteiger partial charge in [0.2, 0.25) is 10.0 Å². The molecule has 2 N–H and O–H groups in total. The summed E-state index contributed by atoms with van der Waals surface area (Å²) in [7, 11) is -2.37. The molecule has 0 fully saturated rings. The van der Waals surface area contributed by atoms with Crippen LogP contribution in [0.2, 0.25) is 0 Å². The summed E-state index contributed by atoms with van der Waals surface area (Å²) in [6.07, 6.45) is 0. The number of aryl methyl sites for hydroxylation is 3. The standard InChI is InChI=1S/C21H28N2O4S/c1-7-22-28(25,26)20-12-17(8-9-19(20)27-6)21(24)23-16(5)18-11-14(3)13(2)10-15(18)4/h8-12,16,22H,7H2,1-6H3,(H,23,24)/t16-/m1/s1. The molecule has 0 aromatic heterocycles. The lowest BCUT2D eigenvalue weighted by molar-refractivity contribution is 0.0939. The first-order valence-electron chi connectivity index (χ1n) is 9.17. The number of hydrogen-bond acceptors (Lipinski definition) is 4. The number of carbonyl (C=O) groups excluding carboxylic acids is 1. The van der Waals surface area contributed by atoms with E-state index in [9.17, 15) is 13.2 Å². The van der Waals surface area contributed by atoms with Crippen LogP contribution in [0.5, 0.6) is 5.75 Å². The Kier molecular flexibility index (Phi) is 6.85. The molecule has 28 heavy (non-hydrogen) atoms. The second-order valence-corrected chi connectivity index (χ2v) is 8.59. The Morgan fingerprint density at radius 1 is 1.07 bits per heavy atom. The van der Waals surface area contributed by atoms with Crippen LogP contribution in [0.15, 0.2) is 35.2 Å². The highest BCUT2D eigenvalue weighted by Crippen LogP contribution is 2.26. The summed E-state index contributed by atoms with van der Waals surface area (Å²) in [4.78, 5) is 12.7. The predicted octanol–water partition coefficient (Wildman–Crippen LogP) is 3.41. The fourth-order valence-corrected chi connectivity index (χ4v) is 4.34. The third kappa shape index (κ3) is 4.72. The van der Waals surface area contributed by atoms with Crippen LogP contribution >= 0.6 is 0 Å². The van der Waals surface area contributed by atoms with Gasteiger partial charge >= 0.3 is 0 Å². The van der Waals surface area contributed by atoms with Crippen LogP contribution in [-0.2, 0) is 10.0 Å². The second kappa shape index (κ2) is 8.75. The van der Waals surface area contributed by atoms with Crippen molar-refractivity contribution in [3.63, 3.8) is 0 Å². The van der Waals surface area contributed by atoms with E-state index in [1.807, 2.05) is 20.8 Å². The van der Waals surface area contributed by atoms with Crippen molar-refractivity contribution in [1.29, 1.82) is 0 Å². The van der Waals surface area contributed by atoms with E-state index in [4.69, 9.17) is 4.74 Å². The van der Waals surface area contributed by atoms with Crippen LogP contribution in [0.4, 0.5) is 0 Å². The van der Waals surface area contributed by atoms with E-state index < -0.39 is 10.0 Å². The van der Waals surface area contributed by atoms with E-state index in [0.29, 0.717) is 0 Å². The van der Waals surface area contributed by atoms with Gasteiger partial charge in [0.25, 0.3) is 5.91 Å². The number of rotatable bonds is 7. The van der Waals surface area contributed by atoms with Crippen LogP contribution in [0.1, 0.15) is 52.5 Å².